The summed E-state index contributed by atoms with van der Waals surface area (Å²) in [6.07, 6.45) is 0. The maximum absolute atomic E-state index is 2.34. The summed E-state index contributed by atoms with van der Waals surface area (Å²) in [6, 6.07) is 98.9. The van der Waals surface area contributed by atoms with Gasteiger partial charge in [0, 0.05) is 0 Å². The summed E-state index contributed by atoms with van der Waals surface area (Å²) in [6.45, 7) is 22.5. The summed E-state index contributed by atoms with van der Waals surface area (Å²) < 4.78 is 0. The van der Waals surface area contributed by atoms with Crippen molar-refractivity contribution in [1.82, 2.24) is 0 Å². The highest BCUT2D eigenvalue weighted by Crippen LogP contribution is 2.35. The average Bonchev–Trinajstić information content (AvgIpc) is 3.46. The zero-order valence-electron chi connectivity index (χ0n) is 51.4. The van der Waals surface area contributed by atoms with Crippen molar-refractivity contribution >= 4 is 108 Å². The Kier molecular flexibility index (Phi) is 17.5. The first-order valence-corrected chi connectivity index (χ1v) is 30.8. The molecule has 0 bridgehead atoms. The third-order valence-corrected chi connectivity index (χ3v) is 17.1. The molecule has 0 nitrogen and oxygen atoms in total. The van der Waals surface area contributed by atoms with Crippen LogP contribution in [0.3, 0.4) is 0 Å². The minimum Gasteiger partial charge on any atom is -0.0616 e. The van der Waals surface area contributed by atoms with E-state index in [1.165, 1.54) is 136 Å². The highest BCUT2D eigenvalue weighted by atomic mass is 14.2. The van der Waals surface area contributed by atoms with Crippen molar-refractivity contribution in [2.24, 2.45) is 0 Å². The van der Waals surface area contributed by atoms with E-state index in [-0.39, 0.29) is 0 Å². The monoisotopic (exact) mass is 1100 g/mol. The quantitative estimate of drug-likeness (QED) is 0.119. The second-order valence-corrected chi connectivity index (χ2v) is 24.6. The van der Waals surface area contributed by atoms with E-state index in [0.29, 0.717) is 29.6 Å². The van der Waals surface area contributed by atoms with Crippen molar-refractivity contribution in [3.8, 4) is 0 Å². The fourth-order valence-electron chi connectivity index (χ4n) is 12.3. The number of hydrogen-bond donors (Lipinski definition) is 0. The first-order valence-electron chi connectivity index (χ1n) is 30.8. The third-order valence-electron chi connectivity index (χ3n) is 17.1. The maximum Gasteiger partial charge on any atom is -0.0103 e. The molecule has 0 aliphatic rings. The van der Waals surface area contributed by atoms with Gasteiger partial charge >= 0.3 is 0 Å². The molecule has 0 saturated heterocycles. The van der Waals surface area contributed by atoms with Crippen LogP contribution in [-0.2, 0) is 0 Å². The fraction of sp³-hybridized carbons (Fsp3) is 0.176. The molecule has 85 heavy (non-hydrogen) atoms. The zero-order chi connectivity index (χ0) is 59.1. The first-order chi connectivity index (χ1) is 41.3. The molecule has 0 aromatic heterocycles. The lowest BCUT2D eigenvalue weighted by Crippen LogP contribution is -1.92. The normalized spacial score (nSPS) is 11.5. The number of hydrogen-bond acceptors (Lipinski definition) is 0. The van der Waals surface area contributed by atoms with Gasteiger partial charge in [0.25, 0.3) is 0 Å². The molecule has 0 radical (unpaired) electrons. The largest absolute Gasteiger partial charge is 0.0616 e. The van der Waals surface area contributed by atoms with Crippen LogP contribution in [0.1, 0.15) is 127 Å². The van der Waals surface area contributed by atoms with Crippen LogP contribution < -0.4 is 0 Å². The molecule has 0 spiro atoms. The van der Waals surface area contributed by atoms with Crippen molar-refractivity contribution in [2.75, 3.05) is 0 Å². The molecular formula is C85H80. The van der Waals surface area contributed by atoms with Gasteiger partial charge in [-0.05, 0) is 195 Å². The van der Waals surface area contributed by atoms with Gasteiger partial charge in [-0.1, -0.05) is 312 Å². The van der Waals surface area contributed by atoms with Crippen LogP contribution in [0.4, 0.5) is 0 Å². The van der Waals surface area contributed by atoms with Crippen LogP contribution in [-0.4, -0.2) is 0 Å². The standard InChI is InChI=1S/5C17H16/c1-12(2)17-15-9-5-3-7-13(15)11-14-8-4-6-10-16(14)17;1-12(2)16-9-5-8-15-10-13-6-3-4-7-14(13)11-17(15)16;1-12(2)13-7-8-16-10-14-5-3-4-6-15(14)11-17(16)9-13;1-12(2)14-9-10-17-15(11-14)8-7-13-5-3-4-6-16(13)17;1-12(2)15-10-9-14-8-7-13-5-3-4-6-16(13)17(14)11-15/h5*3-12H,1-2H3. The lowest BCUT2D eigenvalue weighted by atomic mass is 9.90. The first kappa shape index (κ1) is 57.7. The molecule has 0 aliphatic heterocycles. The predicted octanol–water partition coefficient (Wildman–Crippen LogP) is 25.6. The molecule has 420 valence electrons. The molecule has 0 atom stereocenters. The summed E-state index contributed by atoms with van der Waals surface area (Å²) in [5.74, 6) is 2.88. The van der Waals surface area contributed by atoms with E-state index in [0.717, 1.165) is 0 Å². The molecule has 0 unspecified atom stereocenters. The van der Waals surface area contributed by atoms with E-state index < -0.39 is 0 Å². The maximum atomic E-state index is 2.34. The molecule has 15 rings (SSSR count). The van der Waals surface area contributed by atoms with E-state index in [1.54, 1.807) is 0 Å². The van der Waals surface area contributed by atoms with E-state index in [9.17, 15) is 0 Å². The van der Waals surface area contributed by atoms with Crippen molar-refractivity contribution in [3.63, 3.8) is 0 Å². The lowest BCUT2D eigenvalue weighted by molar-refractivity contribution is 0.869. The molecule has 15 aromatic rings. The summed E-state index contributed by atoms with van der Waals surface area (Å²) in [4.78, 5) is 0. The molecule has 0 aliphatic carbocycles. The SMILES string of the molecule is CC(C)c1c2ccccc2cc2ccccc12.CC(C)c1ccc2c(ccc3ccccc32)c1.CC(C)c1ccc2cc3ccccc3cc2c1.CC(C)c1ccc2ccc3ccccc3c2c1.CC(C)c1cccc2cc3ccccc3cc12. The van der Waals surface area contributed by atoms with E-state index in [4.69, 9.17) is 0 Å². The Labute approximate surface area is 504 Å². The Bertz CT molecular complexity index is 4690. The van der Waals surface area contributed by atoms with E-state index in [2.05, 4.69) is 342 Å². The van der Waals surface area contributed by atoms with Gasteiger partial charge in [0.1, 0.15) is 0 Å². The number of benzene rings is 15. The van der Waals surface area contributed by atoms with Gasteiger partial charge < -0.3 is 0 Å². The second-order valence-electron chi connectivity index (χ2n) is 24.6. The Morgan fingerprint density at radius 2 is 0.471 bits per heavy atom. The average molecular weight is 1100 g/mol. The zero-order valence-corrected chi connectivity index (χ0v) is 51.4. The highest BCUT2D eigenvalue weighted by molar-refractivity contribution is 6.09. The molecule has 0 heterocycles. The minimum absolute atomic E-state index is 0.547. The summed E-state index contributed by atoms with van der Waals surface area (Å²) in [7, 11) is 0. The van der Waals surface area contributed by atoms with Crippen LogP contribution in [0.5, 0.6) is 0 Å². The molecule has 0 saturated carbocycles. The van der Waals surface area contributed by atoms with Gasteiger partial charge in [-0.3, -0.25) is 0 Å². The van der Waals surface area contributed by atoms with E-state index >= 15 is 0 Å². The topological polar surface area (TPSA) is 0 Å². The molecule has 0 N–H and O–H groups in total. The van der Waals surface area contributed by atoms with E-state index in [1.807, 2.05) is 0 Å². The van der Waals surface area contributed by atoms with Gasteiger partial charge in [0.15, 0.2) is 0 Å². The van der Waals surface area contributed by atoms with Gasteiger partial charge in [0.2, 0.25) is 0 Å². The Hall–Kier alpha value is -9.10. The highest BCUT2D eigenvalue weighted by Gasteiger charge is 2.11. The van der Waals surface area contributed by atoms with Crippen LogP contribution >= 0.6 is 0 Å². The molecule has 0 heteroatoms. The minimum atomic E-state index is 0.547. The van der Waals surface area contributed by atoms with Crippen molar-refractivity contribution < 1.29 is 0 Å². The molecule has 15 aromatic carbocycles. The van der Waals surface area contributed by atoms with Crippen LogP contribution in [0.15, 0.2) is 273 Å². The van der Waals surface area contributed by atoms with Crippen molar-refractivity contribution in [1.29, 1.82) is 0 Å². The Morgan fingerprint density at radius 3 is 0.988 bits per heavy atom. The van der Waals surface area contributed by atoms with Gasteiger partial charge in [0.05, 0.1) is 0 Å². The molecular weight excluding hydrogens is 1020 g/mol. The third kappa shape index (κ3) is 12.9. The molecule has 0 fully saturated rings. The smallest absolute Gasteiger partial charge is 0.0103 e. The van der Waals surface area contributed by atoms with Crippen LogP contribution in [0.25, 0.3) is 108 Å². The Balaban J connectivity index is 0.000000111. The van der Waals surface area contributed by atoms with Crippen molar-refractivity contribution in [3.05, 3.63) is 301 Å². The summed E-state index contributed by atoms with van der Waals surface area (Å²) in [5, 5.41) is 26.9. The second kappa shape index (κ2) is 25.8. The number of fused-ring (bicyclic) bond motifs is 12. The predicted molar refractivity (Wildman–Crippen MR) is 378 cm³/mol. The van der Waals surface area contributed by atoms with Crippen LogP contribution in [0, 0.1) is 0 Å². The van der Waals surface area contributed by atoms with Crippen molar-refractivity contribution in [2.45, 2.75) is 98.8 Å². The fourth-order valence-corrected chi connectivity index (χ4v) is 12.3. The lowest BCUT2D eigenvalue weighted by Gasteiger charge is -2.14. The Morgan fingerprint density at radius 1 is 0.165 bits per heavy atom. The van der Waals surface area contributed by atoms with Gasteiger partial charge in [-0.15, -0.1) is 0 Å². The van der Waals surface area contributed by atoms with Crippen LogP contribution in [0.2, 0.25) is 0 Å². The number of rotatable bonds is 5. The summed E-state index contributed by atoms with van der Waals surface area (Å²) in [5.41, 5.74) is 7.14. The van der Waals surface area contributed by atoms with Gasteiger partial charge in [-0.2, -0.15) is 0 Å². The van der Waals surface area contributed by atoms with Gasteiger partial charge in [-0.25, -0.2) is 0 Å². The molecule has 0 amide bonds. The summed E-state index contributed by atoms with van der Waals surface area (Å²) >= 11 is 0.